The van der Waals surface area contributed by atoms with E-state index in [4.69, 9.17) is 10.6 Å². The molecule has 0 aromatic rings. The summed E-state index contributed by atoms with van der Waals surface area (Å²) in [5.41, 5.74) is 6.69. The van der Waals surface area contributed by atoms with Crippen LogP contribution in [0, 0.1) is 5.41 Å². The third kappa shape index (κ3) is 1.93. The van der Waals surface area contributed by atoms with Crippen molar-refractivity contribution in [2.75, 3.05) is 6.54 Å². The number of rotatable bonds is 1. The lowest BCUT2D eigenvalue weighted by Gasteiger charge is -2.16. The number of oxime groups is 1. The maximum atomic E-state index is 5.44. The number of nitrogens with two attached hydrogens (primary N) is 1. The molecule has 0 aliphatic carbocycles. The van der Waals surface area contributed by atoms with Crippen LogP contribution >= 0.6 is 0 Å². The highest BCUT2D eigenvalue weighted by Crippen LogP contribution is 2.24. The Bertz CT molecular complexity index is 169. The van der Waals surface area contributed by atoms with Crippen molar-refractivity contribution in [1.82, 2.24) is 0 Å². The van der Waals surface area contributed by atoms with Crippen molar-refractivity contribution >= 4 is 5.71 Å². The molecule has 0 saturated heterocycles. The fraction of sp³-hybridized carbons (Fsp3) is 0.875. The molecular weight excluding hydrogens is 140 g/mol. The molecule has 3 heteroatoms. The Labute approximate surface area is 67.6 Å². The highest BCUT2D eigenvalue weighted by atomic mass is 16.6. The second kappa shape index (κ2) is 2.81. The fourth-order valence-corrected chi connectivity index (χ4v) is 0.998. The first-order valence-electron chi connectivity index (χ1n) is 3.97. The Morgan fingerprint density at radius 2 is 2.27 bits per heavy atom. The Kier molecular flexibility index (Phi) is 2.18. The van der Waals surface area contributed by atoms with Crippen molar-refractivity contribution in [3.8, 4) is 0 Å². The van der Waals surface area contributed by atoms with Crippen LogP contribution in [0.3, 0.4) is 0 Å². The molecular formula is C8H16N2O. The monoisotopic (exact) mass is 156 g/mol. The molecule has 1 rings (SSSR count). The average Bonchev–Trinajstić information content (AvgIpc) is 2.32. The van der Waals surface area contributed by atoms with Gasteiger partial charge in [0.25, 0.3) is 0 Å². The molecule has 1 unspecified atom stereocenters. The van der Waals surface area contributed by atoms with Crippen LogP contribution in [0.5, 0.6) is 0 Å². The molecule has 1 heterocycles. The van der Waals surface area contributed by atoms with Crippen LogP contribution in [0.15, 0.2) is 5.16 Å². The van der Waals surface area contributed by atoms with E-state index in [9.17, 15) is 0 Å². The fourth-order valence-electron chi connectivity index (χ4n) is 0.998. The lowest BCUT2D eigenvalue weighted by molar-refractivity contribution is 0.0917. The van der Waals surface area contributed by atoms with Crippen LogP contribution in [0.25, 0.3) is 0 Å². The van der Waals surface area contributed by atoms with Crippen molar-refractivity contribution < 1.29 is 4.84 Å². The van der Waals surface area contributed by atoms with Gasteiger partial charge in [-0.1, -0.05) is 25.9 Å². The zero-order valence-electron chi connectivity index (χ0n) is 7.42. The van der Waals surface area contributed by atoms with Gasteiger partial charge in [0.2, 0.25) is 0 Å². The van der Waals surface area contributed by atoms with Gasteiger partial charge in [-0.05, 0) is 0 Å². The quantitative estimate of drug-likeness (QED) is 0.618. The second-order valence-corrected chi connectivity index (χ2v) is 3.96. The zero-order chi connectivity index (χ0) is 8.48. The van der Waals surface area contributed by atoms with Gasteiger partial charge in [-0.25, -0.2) is 0 Å². The molecule has 0 radical (unpaired) electrons. The lowest BCUT2D eigenvalue weighted by atomic mass is 9.87. The largest absolute Gasteiger partial charge is 0.391 e. The third-order valence-corrected chi connectivity index (χ3v) is 1.86. The summed E-state index contributed by atoms with van der Waals surface area (Å²) in [6.07, 6.45) is 1.00. The summed E-state index contributed by atoms with van der Waals surface area (Å²) in [6, 6.07) is 0. The van der Waals surface area contributed by atoms with Crippen molar-refractivity contribution in [2.45, 2.75) is 33.3 Å². The smallest absolute Gasteiger partial charge is 0.145 e. The molecule has 11 heavy (non-hydrogen) atoms. The highest BCUT2D eigenvalue weighted by molar-refractivity contribution is 5.90. The predicted molar refractivity (Wildman–Crippen MR) is 45.4 cm³/mol. The molecule has 0 fully saturated rings. The van der Waals surface area contributed by atoms with Crippen molar-refractivity contribution in [2.24, 2.45) is 16.3 Å². The summed E-state index contributed by atoms with van der Waals surface area (Å²) in [6.45, 7) is 6.96. The summed E-state index contributed by atoms with van der Waals surface area (Å²) in [5.74, 6) is 0. The zero-order valence-corrected chi connectivity index (χ0v) is 7.42. The van der Waals surface area contributed by atoms with E-state index in [2.05, 4.69) is 25.9 Å². The molecule has 1 aliphatic heterocycles. The molecule has 0 spiro atoms. The second-order valence-electron chi connectivity index (χ2n) is 3.96. The molecule has 0 aromatic carbocycles. The van der Waals surface area contributed by atoms with Gasteiger partial charge in [-0.2, -0.15) is 0 Å². The maximum absolute atomic E-state index is 5.44. The van der Waals surface area contributed by atoms with Crippen LogP contribution in [0.2, 0.25) is 0 Å². The average molecular weight is 156 g/mol. The minimum Gasteiger partial charge on any atom is -0.391 e. The van der Waals surface area contributed by atoms with E-state index in [-0.39, 0.29) is 11.5 Å². The molecule has 0 bridgehead atoms. The molecule has 1 atom stereocenters. The van der Waals surface area contributed by atoms with E-state index in [0.29, 0.717) is 6.54 Å². The van der Waals surface area contributed by atoms with Gasteiger partial charge >= 0.3 is 0 Å². The standard InChI is InChI=1S/C8H16N2O/c1-8(2,3)7-4-6(5-9)11-10-7/h6H,4-5,9H2,1-3H3. The first-order valence-corrected chi connectivity index (χ1v) is 3.97. The van der Waals surface area contributed by atoms with Crippen molar-refractivity contribution in [3.63, 3.8) is 0 Å². The maximum Gasteiger partial charge on any atom is 0.145 e. The van der Waals surface area contributed by atoms with Gasteiger partial charge in [0.1, 0.15) is 6.10 Å². The minimum absolute atomic E-state index is 0.115. The van der Waals surface area contributed by atoms with Gasteiger partial charge in [-0.15, -0.1) is 0 Å². The number of nitrogens with zero attached hydrogens (tertiary/aromatic N) is 1. The Hall–Kier alpha value is -0.570. The Balaban J connectivity index is 2.53. The predicted octanol–water partition coefficient (Wildman–Crippen LogP) is 1.14. The first kappa shape index (κ1) is 8.53. The Morgan fingerprint density at radius 1 is 1.64 bits per heavy atom. The van der Waals surface area contributed by atoms with E-state index in [1.165, 1.54) is 0 Å². The molecule has 0 aromatic heterocycles. The van der Waals surface area contributed by atoms with Crippen LogP contribution in [0.4, 0.5) is 0 Å². The normalized spacial score (nSPS) is 24.7. The van der Waals surface area contributed by atoms with Gasteiger partial charge in [0.05, 0.1) is 5.71 Å². The van der Waals surface area contributed by atoms with Crippen LogP contribution in [0.1, 0.15) is 27.2 Å². The summed E-state index contributed by atoms with van der Waals surface area (Å²) in [7, 11) is 0. The van der Waals surface area contributed by atoms with Crippen LogP contribution in [-0.4, -0.2) is 18.4 Å². The topological polar surface area (TPSA) is 47.6 Å². The Morgan fingerprint density at radius 3 is 2.55 bits per heavy atom. The summed E-state index contributed by atoms with van der Waals surface area (Å²) >= 11 is 0. The van der Waals surface area contributed by atoms with Gasteiger partial charge < -0.3 is 10.6 Å². The van der Waals surface area contributed by atoms with Crippen LogP contribution < -0.4 is 5.73 Å². The SMILES string of the molecule is CC(C)(C)C1=NOC(CN)C1. The molecule has 2 N–H and O–H groups in total. The molecule has 0 saturated carbocycles. The number of hydrogen-bond donors (Lipinski definition) is 1. The van der Waals surface area contributed by atoms with E-state index in [0.717, 1.165) is 12.1 Å². The summed E-state index contributed by atoms with van der Waals surface area (Å²) < 4.78 is 0. The first-order chi connectivity index (χ1) is 5.04. The van der Waals surface area contributed by atoms with Crippen molar-refractivity contribution in [3.05, 3.63) is 0 Å². The number of hydrogen-bond acceptors (Lipinski definition) is 3. The van der Waals surface area contributed by atoms with Gasteiger partial charge in [0.15, 0.2) is 0 Å². The van der Waals surface area contributed by atoms with Crippen LogP contribution in [-0.2, 0) is 4.84 Å². The van der Waals surface area contributed by atoms with E-state index in [1.807, 2.05) is 0 Å². The molecule has 64 valence electrons. The summed E-state index contributed by atoms with van der Waals surface area (Å²) in [5, 5.41) is 4.00. The summed E-state index contributed by atoms with van der Waals surface area (Å²) in [4.78, 5) is 5.10. The van der Waals surface area contributed by atoms with Gasteiger partial charge in [-0.3, -0.25) is 0 Å². The van der Waals surface area contributed by atoms with E-state index in [1.54, 1.807) is 0 Å². The molecule has 0 amide bonds. The van der Waals surface area contributed by atoms with E-state index < -0.39 is 0 Å². The lowest BCUT2D eigenvalue weighted by Crippen LogP contribution is -2.24. The molecule has 1 aliphatic rings. The van der Waals surface area contributed by atoms with Gasteiger partial charge in [0, 0.05) is 18.4 Å². The highest BCUT2D eigenvalue weighted by Gasteiger charge is 2.28. The van der Waals surface area contributed by atoms with E-state index >= 15 is 0 Å². The molecule has 3 nitrogen and oxygen atoms in total. The third-order valence-electron chi connectivity index (χ3n) is 1.86. The van der Waals surface area contributed by atoms with Crippen molar-refractivity contribution in [1.29, 1.82) is 0 Å². The minimum atomic E-state index is 0.115.